The lowest BCUT2D eigenvalue weighted by Crippen LogP contribution is -2.41. The molecule has 4 rings (SSSR count). The van der Waals surface area contributed by atoms with Gasteiger partial charge in [-0.3, -0.25) is 14.4 Å². The van der Waals surface area contributed by atoms with E-state index in [4.69, 9.17) is 0 Å². The summed E-state index contributed by atoms with van der Waals surface area (Å²) < 4.78 is 0. The molecule has 2 fully saturated rings. The van der Waals surface area contributed by atoms with Gasteiger partial charge in [0.1, 0.15) is 5.78 Å². The first kappa shape index (κ1) is 13.7. The van der Waals surface area contributed by atoms with Gasteiger partial charge in [0.05, 0.1) is 12.5 Å². The Morgan fingerprint density at radius 1 is 1.05 bits per heavy atom. The van der Waals surface area contributed by atoms with Crippen LogP contribution < -0.4 is 0 Å². The van der Waals surface area contributed by atoms with E-state index in [2.05, 4.69) is 6.07 Å². The number of Topliss-reactive ketones (excluding diaryl/α,β-unsaturated/α-hetero) is 2. The Bertz CT molecular complexity index is 675. The first-order valence-electron chi connectivity index (χ1n) is 8.12. The molecule has 2 saturated carbocycles. The fraction of sp³-hybridized carbons (Fsp3) is 0.500. The third-order valence-electron chi connectivity index (χ3n) is 5.10. The van der Waals surface area contributed by atoms with Gasteiger partial charge in [-0.25, -0.2) is 0 Å². The predicted octanol–water partition coefficient (Wildman–Crippen LogP) is 2.60. The summed E-state index contributed by atoms with van der Waals surface area (Å²) in [5, 5.41) is 0. The van der Waals surface area contributed by atoms with Crippen molar-refractivity contribution in [2.45, 2.75) is 57.0 Å². The van der Waals surface area contributed by atoms with Gasteiger partial charge >= 0.3 is 0 Å². The molecule has 0 spiro atoms. The van der Waals surface area contributed by atoms with Gasteiger partial charge in [-0.15, -0.1) is 0 Å². The van der Waals surface area contributed by atoms with Crippen LogP contribution in [0.3, 0.4) is 0 Å². The van der Waals surface area contributed by atoms with Crippen molar-refractivity contribution >= 4 is 17.5 Å². The minimum atomic E-state index is -0.418. The normalized spacial score (nSPS) is 25.4. The zero-order valence-corrected chi connectivity index (χ0v) is 12.5. The standard InChI is InChI=1S/C18H19NO3/c20-12-3-1-6-16(17(21)9-12)19-10-15-13(11-7-8-11)4-2-5-14(15)18(19)22/h2,4-5,11,16H,1,3,6-10H2/t16-/m0/s1. The lowest BCUT2D eigenvalue weighted by Gasteiger charge is -2.25. The summed E-state index contributed by atoms with van der Waals surface area (Å²) in [6, 6.07) is 5.52. The number of hydrogen-bond donors (Lipinski definition) is 0. The molecule has 1 atom stereocenters. The lowest BCUT2D eigenvalue weighted by molar-refractivity contribution is -0.128. The Morgan fingerprint density at radius 3 is 2.64 bits per heavy atom. The van der Waals surface area contributed by atoms with Crippen molar-refractivity contribution in [3.05, 3.63) is 34.9 Å². The van der Waals surface area contributed by atoms with Gasteiger partial charge in [0.25, 0.3) is 5.91 Å². The summed E-state index contributed by atoms with van der Waals surface area (Å²) in [6.45, 7) is 0.533. The van der Waals surface area contributed by atoms with Gasteiger partial charge < -0.3 is 4.90 Å². The highest BCUT2D eigenvalue weighted by atomic mass is 16.2. The lowest BCUT2D eigenvalue weighted by atomic mass is 10.00. The molecule has 3 aliphatic rings. The van der Waals surface area contributed by atoms with Crippen LogP contribution >= 0.6 is 0 Å². The molecule has 22 heavy (non-hydrogen) atoms. The van der Waals surface area contributed by atoms with Gasteiger partial charge in [0.15, 0.2) is 5.78 Å². The van der Waals surface area contributed by atoms with E-state index < -0.39 is 6.04 Å². The number of fused-ring (bicyclic) bond motifs is 1. The van der Waals surface area contributed by atoms with Crippen molar-refractivity contribution in [3.63, 3.8) is 0 Å². The summed E-state index contributed by atoms with van der Waals surface area (Å²) in [4.78, 5) is 38.3. The highest BCUT2D eigenvalue weighted by Crippen LogP contribution is 2.44. The molecule has 2 aliphatic carbocycles. The molecule has 0 bridgehead atoms. The maximum atomic E-state index is 12.7. The van der Waals surface area contributed by atoms with Gasteiger partial charge in [0, 0.05) is 18.5 Å². The molecule has 0 aromatic heterocycles. The second kappa shape index (κ2) is 5.04. The average molecular weight is 297 g/mol. The van der Waals surface area contributed by atoms with Crippen molar-refractivity contribution in [3.8, 4) is 0 Å². The molecule has 1 heterocycles. The summed E-state index contributed by atoms with van der Waals surface area (Å²) in [5.41, 5.74) is 3.15. The molecule has 1 aromatic carbocycles. The maximum Gasteiger partial charge on any atom is 0.255 e. The third kappa shape index (κ3) is 2.18. The summed E-state index contributed by atoms with van der Waals surface area (Å²) >= 11 is 0. The molecule has 0 radical (unpaired) electrons. The van der Waals surface area contributed by atoms with Crippen LogP contribution in [0.15, 0.2) is 18.2 Å². The number of ketones is 2. The van der Waals surface area contributed by atoms with Crippen molar-refractivity contribution < 1.29 is 14.4 Å². The molecule has 1 aromatic rings. The van der Waals surface area contributed by atoms with Crippen LogP contribution in [-0.2, 0) is 16.1 Å². The van der Waals surface area contributed by atoms with Crippen molar-refractivity contribution in [2.24, 2.45) is 0 Å². The quantitative estimate of drug-likeness (QED) is 0.623. The smallest absolute Gasteiger partial charge is 0.255 e. The Balaban J connectivity index is 1.65. The van der Waals surface area contributed by atoms with E-state index in [0.29, 0.717) is 31.7 Å². The van der Waals surface area contributed by atoms with E-state index in [0.717, 1.165) is 11.1 Å². The van der Waals surface area contributed by atoms with Gasteiger partial charge in [-0.1, -0.05) is 12.1 Å². The summed E-state index contributed by atoms with van der Waals surface area (Å²) in [5.74, 6) is 0.478. The predicted molar refractivity (Wildman–Crippen MR) is 80.6 cm³/mol. The molecule has 4 heteroatoms. The first-order valence-corrected chi connectivity index (χ1v) is 8.12. The van der Waals surface area contributed by atoms with E-state index >= 15 is 0 Å². The fourth-order valence-corrected chi connectivity index (χ4v) is 3.79. The van der Waals surface area contributed by atoms with Crippen LogP contribution in [0.2, 0.25) is 0 Å². The summed E-state index contributed by atoms with van der Waals surface area (Å²) in [7, 11) is 0. The van der Waals surface area contributed by atoms with E-state index in [1.807, 2.05) is 12.1 Å². The second-order valence-corrected chi connectivity index (χ2v) is 6.67. The number of carbonyl (C=O) groups is 3. The van der Waals surface area contributed by atoms with E-state index in [9.17, 15) is 14.4 Å². The van der Waals surface area contributed by atoms with Crippen molar-refractivity contribution in [2.75, 3.05) is 0 Å². The van der Waals surface area contributed by atoms with E-state index in [1.165, 1.54) is 18.4 Å². The van der Waals surface area contributed by atoms with Gasteiger partial charge in [0.2, 0.25) is 0 Å². The Labute approximate surface area is 129 Å². The minimum Gasteiger partial charge on any atom is -0.324 e. The van der Waals surface area contributed by atoms with Crippen molar-refractivity contribution in [1.29, 1.82) is 0 Å². The molecular formula is C18H19NO3. The molecular weight excluding hydrogens is 278 g/mol. The van der Waals surface area contributed by atoms with Crippen LogP contribution in [0, 0.1) is 0 Å². The highest BCUT2D eigenvalue weighted by Gasteiger charge is 2.40. The van der Waals surface area contributed by atoms with Gasteiger partial charge in [-0.2, -0.15) is 0 Å². The number of nitrogens with zero attached hydrogens (tertiary/aromatic N) is 1. The van der Waals surface area contributed by atoms with Gasteiger partial charge in [-0.05, 0) is 48.8 Å². The Morgan fingerprint density at radius 2 is 1.86 bits per heavy atom. The fourth-order valence-electron chi connectivity index (χ4n) is 3.79. The average Bonchev–Trinajstić information content (AvgIpc) is 3.29. The minimum absolute atomic E-state index is 0.00956. The van der Waals surface area contributed by atoms with E-state index in [-0.39, 0.29) is 23.9 Å². The molecule has 1 amide bonds. The summed E-state index contributed by atoms with van der Waals surface area (Å²) in [6.07, 6.45) is 4.15. The van der Waals surface area contributed by atoms with Crippen LogP contribution in [0.5, 0.6) is 0 Å². The molecule has 0 N–H and O–H groups in total. The zero-order valence-electron chi connectivity index (χ0n) is 12.5. The zero-order chi connectivity index (χ0) is 15.3. The molecule has 0 unspecified atom stereocenters. The molecule has 1 aliphatic heterocycles. The molecule has 0 saturated heterocycles. The molecule has 114 valence electrons. The SMILES string of the molecule is O=C1CCC[C@H](N2Cc3c(cccc3C3CC3)C2=O)C(=O)C1. The number of hydrogen-bond acceptors (Lipinski definition) is 3. The number of carbonyl (C=O) groups excluding carboxylic acids is 3. The van der Waals surface area contributed by atoms with Crippen molar-refractivity contribution in [1.82, 2.24) is 4.90 Å². The monoisotopic (exact) mass is 297 g/mol. The molecule has 4 nitrogen and oxygen atoms in total. The third-order valence-corrected chi connectivity index (χ3v) is 5.10. The van der Waals surface area contributed by atoms with Crippen LogP contribution in [0.1, 0.15) is 65.9 Å². The first-order chi connectivity index (χ1) is 10.6. The maximum absolute atomic E-state index is 12.7. The van der Waals surface area contributed by atoms with Crippen LogP contribution in [-0.4, -0.2) is 28.4 Å². The second-order valence-electron chi connectivity index (χ2n) is 6.67. The number of rotatable bonds is 2. The topological polar surface area (TPSA) is 54.5 Å². The van der Waals surface area contributed by atoms with Crippen LogP contribution in [0.4, 0.5) is 0 Å². The number of amides is 1. The van der Waals surface area contributed by atoms with Crippen LogP contribution in [0.25, 0.3) is 0 Å². The Hall–Kier alpha value is -1.97. The Kier molecular flexibility index (Phi) is 3.13. The highest BCUT2D eigenvalue weighted by molar-refractivity contribution is 6.06. The number of benzene rings is 1. The largest absolute Gasteiger partial charge is 0.324 e. The van der Waals surface area contributed by atoms with E-state index in [1.54, 1.807) is 4.90 Å².